The molecule has 3 heteroatoms. The van der Waals surface area contributed by atoms with Crippen molar-refractivity contribution in [1.29, 1.82) is 0 Å². The molecule has 0 aliphatic heterocycles. The molecule has 0 spiro atoms. The Bertz CT molecular complexity index is 393. The van der Waals surface area contributed by atoms with Crippen LogP contribution in [0.3, 0.4) is 0 Å². The highest BCUT2D eigenvalue weighted by molar-refractivity contribution is 7.99. The minimum Gasteiger partial charge on any atom is -0.481 e. The Morgan fingerprint density at radius 1 is 1.35 bits per heavy atom. The van der Waals surface area contributed by atoms with E-state index in [1.165, 1.54) is 11.3 Å². The van der Waals surface area contributed by atoms with Gasteiger partial charge in [0, 0.05) is 4.90 Å². The summed E-state index contributed by atoms with van der Waals surface area (Å²) in [5.74, 6) is 0.340. The molecule has 17 heavy (non-hydrogen) atoms. The highest BCUT2D eigenvalue weighted by Crippen LogP contribution is 2.22. The molecular formula is C14H18O2S. The summed E-state index contributed by atoms with van der Waals surface area (Å²) in [5, 5.41) is 8.60. The first-order chi connectivity index (χ1) is 8.13. The molecule has 0 aliphatic rings. The van der Waals surface area contributed by atoms with Crippen LogP contribution in [0.25, 0.3) is 5.57 Å². The quantitative estimate of drug-likeness (QED) is 0.773. The number of rotatable bonds is 6. The maximum atomic E-state index is 10.5. The van der Waals surface area contributed by atoms with Crippen LogP contribution < -0.4 is 0 Å². The van der Waals surface area contributed by atoms with Gasteiger partial charge >= 0.3 is 5.97 Å². The first-order valence-electron chi connectivity index (χ1n) is 5.75. The number of hydrogen-bond donors (Lipinski definition) is 1. The third kappa shape index (κ3) is 5.09. The molecule has 92 valence electrons. The van der Waals surface area contributed by atoms with Crippen molar-refractivity contribution in [1.82, 2.24) is 0 Å². The molecule has 0 bridgehead atoms. The van der Waals surface area contributed by atoms with E-state index in [1.54, 1.807) is 6.08 Å². The zero-order valence-electron chi connectivity index (χ0n) is 10.3. The van der Waals surface area contributed by atoms with E-state index in [1.807, 2.05) is 30.8 Å². The molecule has 1 aromatic carbocycles. The average molecular weight is 250 g/mol. The Morgan fingerprint density at radius 3 is 2.53 bits per heavy atom. The summed E-state index contributed by atoms with van der Waals surface area (Å²) < 4.78 is 0. The lowest BCUT2D eigenvalue weighted by atomic mass is 10.1. The van der Waals surface area contributed by atoms with Gasteiger partial charge in [-0.2, -0.15) is 0 Å². The van der Waals surface area contributed by atoms with E-state index in [0.717, 1.165) is 16.9 Å². The van der Waals surface area contributed by atoms with E-state index in [0.29, 0.717) is 0 Å². The molecule has 0 radical (unpaired) electrons. The maximum absolute atomic E-state index is 10.5. The topological polar surface area (TPSA) is 37.3 Å². The summed E-state index contributed by atoms with van der Waals surface area (Å²) >= 11 is 1.85. The average Bonchev–Trinajstić information content (AvgIpc) is 2.34. The van der Waals surface area contributed by atoms with Crippen LogP contribution in [-0.2, 0) is 4.79 Å². The predicted molar refractivity (Wildman–Crippen MR) is 73.4 cm³/mol. The lowest BCUT2D eigenvalue weighted by molar-refractivity contribution is -0.135. The van der Waals surface area contributed by atoms with Crippen LogP contribution in [0.15, 0.2) is 35.2 Å². The van der Waals surface area contributed by atoms with Gasteiger partial charge in [-0.05, 0) is 42.4 Å². The maximum Gasteiger partial charge on any atom is 0.307 e. The standard InChI is InChI=1S/C14H18O2S/c1-3-10-17-13-7-5-12(6-8-13)11(2)4-9-14(15)16/h4-8H,3,9-10H2,1-2H3,(H,15,16)/b11-4+. The first-order valence-corrected chi connectivity index (χ1v) is 6.74. The van der Waals surface area contributed by atoms with Crippen LogP contribution in [0, 0.1) is 0 Å². The minimum absolute atomic E-state index is 0.0815. The molecule has 0 heterocycles. The largest absolute Gasteiger partial charge is 0.481 e. The van der Waals surface area contributed by atoms with Crippen molar-refractivity contribution in [3.05, 3.63) is 35.9 Å². The van der Waals surface area contributed by atoms with Crippen LogP contribution in [-0.4, -0.2) is 16.8 Å². The fourth-order valence-electron chi connectivity index (χ4n) is 1.39. The summed E-state index contributed by atoms with van der Waals surface area (Å²) in [5.41, 5.74) is 2.10. The Kier molecular flexibility index (Phi) is 5.84. The van der Waals surface area contributed by atoms with Crippen molar-refractivity contribution in [2.45, 2.75) is 31.6 Å². The van der Waals surface area contributed by atoms with E-state index in [9.17, 15) is 4.79 Å². The van der Waals surface area contributed by atoms with Gasteiger partial charge in [0.15, 0.2) is 0 Å². The number of carboxylic acid groups (broad SMARTS) is 1. The number of hydrogen-bond acceptors (Lipinski definition) is 2. The van der Waals surface area contributed by atoms with Gasteiger partial charge in [0.25, 0.3) is 0 Å². The van der Waals surface area contributed by atoms with Gasteiger partial charge in [-0.25, -0.2) is 0 Å². The van der Waals surface area contributed by atoms with Crippen LogP contribution in [0.1, 0.15) is 32.3 Å². The van der Waals surface area contributed by atoms with Crippen LogP contribution in [0.4, 0.5) is 0 Å². The summed E-state index contributed by atoms with van der Waals surface area (Å²) in [6.07, 6.45) is 3.00. The van der Waals surface area contributed by atoms with Crippen LogP contribution >= 0.6 is 11.8 Å². The molecule has 1 N–H and O–H groups in total. The zero-order valence-corrected chi connectivity index (χ0v) is 11.1. The van der Waals surface area contributed by atoms with Crippen molar-refractivity contribution in [2.75, 3.05) is 5.75 Å². The molecule has 0 aliphatic carbocycles. The van der Waals surface area contributed by atoms with Gasteiger partial charge in [-0.3, -0.25) is 4.79 Å². The van der Waals surface area contributed by atoms with Crippen molar-refractivity contribution >= 4 is 23.3 Å². The Morgan fingerprint density at radius 2 is 2.00 bits per heavy atom. The number of carbonyl (C=O) groups is 1. The zero-order chi connectivity index (χ0) is 12.7. The first kappa shape index (κ1) is 13.8. The highest BCUT2D eigenvalue weighted by atomic mass is 32.2. The van der Waals surface area contributed by atoms with Gasteiger partial charge in [0.05, 0.1) is 6.42 Å². The van der Waals surface area contributed by atoms with Gasteiger partial charge in [-0.1, -0.05) is 25.1 Å². The van der Waals surface area contributed by atoms with Gasteiger partial charge in [-0.15, -0.1) is 11.8 Å². The van der Waals surface area contributed by atoms with E-state index in [2.05, 4.69) is 19.1 Å². The second-order valence-corrected chi connectivity index (χ2v) is 5.03. The second-order valence-electron chi connectivity index (χ2n) is 3.86. The predicted octanol–water partition coefficient (Wildman–Crippen LogP) is 4.07. The van der Waals surface area contributed by atoms with Crippen LogP contribution in [0.2, 0.25) is 0 Å². The van der Waals surface area contributed by atoms with Crippen molar-refractivity contribution in [3.8, 4) is 0 Å². The lowest BCUT2D eigenvalue weighted by Crippen LogP contribution is -1.91. The molecule has 0 saturated carbocycles. The van der Waals surface area contributed by atoms with Crippen molar-refractivity contribution in [3.63, 3.8) is 0 Å². The molecule has 1 rings (SSSR count). The normalized spacial score (nSPS) is 11.5. The third-order valence-electron chi connectivity index (χ3n) is 2.37. The smallest absolute Gasteiger partial charge is 0.307 e. The lowest BCUT2D eigenvalue weighted by Gasteiger charge is -2.04. The number of aliphatic carboxylic acids is 1. The van der Waals surface area contributed by atoms with Gasteiger partial charge in [0.2, 0.25) is 0 Å². The Balaban J connectivity index is 2.66. The summed E-state index contributed by atoms with van der Waals surface area (Å²) in [7, 11) is 0. The van der Waals surface area contributed by atoms with Crippen molar-refractivity contribution < 1.29 is 9.90 Å². The monoisotopic (exact) mass is 250 g/mol. The minimum atomic E-state index is -0.792. The van der Waals surface area contributed by atoms with E-state index >= 15 is 0 Å². The molecule has 2 nitrogen and oxygen atoms in total. The molecule has 0 unspecified atom stereocenters. The molecule has 0 atom stereocenters. The number of thioether (sulfide) groups is 1. The Labute approximate surface area is 107 Å². The van der Waals surface area contributed by atoms with Crippen molar-refractivity contribution in [2.24, 2.45) is 0 Å². The van der Waals surface area contributed by atoms with Crippen LogP contribution in [0.5, 0.6) is 0 Å². The second kappa shape index (κ2) is 7.17. The number of benzene rings is 1. The summed E-state index contributed by atoms with van der Waals surface area (Å²) in [6.45, 7) is 4.11. The molecular weight excluding hydrogens is 232 g/mol. The highest BCUT2D eigenvalue weighted by Gasteiger charge is 1.99. The molecule has 0 aromatic heterocycles. The molecule has 0 amide bonds. The van der Waals surface area contributed by atoms with E-state index < -0.39 is 5.97 Å². The molecule has 1 aromatic rings. The van der Waals surface area contributed by atoms with E-state index in [4.69, 9.17) is 5.11 Å². The third-order valence-corrected chi connectivity index (χ3v) is 3.58. The number of allylic oxidation sites excluding steroid dienone is 1. The fraction of sp³-hybridized carbons (Fsp3) is 0.357. The SMILES string of the molecule is CCCSc1ccc(/C(C)=C/CC(=O)O)cc1. The Hall–Kier alpha value is -1.22. The van der Waals surface area contributed by atoms with Gasteiger partial charge < -0.3 is 5.11 Å². The summed E-state index contributed by atoms with van der Waals surface area (Å²) in [4.78, 5) is 11.7. The summed E-state index contributed by atoms with van der Waals surface area (Å²) in [6, 6.07) is 8.28. The molecule has 0 saturated heterocycles. The van der Waals surface area contributed by atoms with Gasteiger partial charge in [0.1, 0.15) is 0 Å². The fourth-order valence-corrected chi connectivity index (χ4v) is 2.16. The molecule has 0 fully saturated rings. The van der Waals surface area contributed by atoms with E-state index in [-0.39, 0.29) is 6.42 Å². The number of carboxylic acids is 1.